The molecule has 0 aliphatic carbocycles. The molecular weight excluding hydrogens is 366 g/mol. The van der Waals surface area contributed by atoms with Crippen molar-refractivity contribution in [1.82, 2.24) is 24.1 Å². The molecule has 7 heteroatoms. The molecule has 1 atom stereocenters. The molecule has 1 aliphatic rings. The van der Waals surface area contributed by atoms with Crippen LogP contribution in [0.2, 0.25) is 0 Å². The number of hydrogen-bond donors (Lipinski definition) is 1. The van der Waals surface area contributed by atoms with E-state index in [4.69, 9.17) is 0 Å². The second-order valence-electron chi connectivity index (χ2n) is 8.62. The van der Waals surface area contributed by atoms with Gasteiger partial charge in [0.25, 0.3) is 5.56 Å². The average molecular weight is 396 g/mol. The number of likely N-dealkylation sites (tertiary alicyclic amines) is 1. The normalized spacial score (nSPS) is 17.2. The predicted molar refractivity (Wildman–Crippen MR) is 114 cm³/mol. The number of nitrogens with zero attached hydrogens (tertiary/aromatic N) is 4. The van der Waals surface area contributed by atoms with Crippen LogP contribution >= 0.6 is 0 Å². The van der Waals surface area contributed by atoms with E-state index in [2.05, 4.69) is 47.9 Å². The number of piperidine rings is 1. The monoisotopic (exact) mass is 395 g/mol. The number of rotatable bonds is 5. The fourth-order valence-electron chi connectivity index (χ4n) is 4.48. The quantitative estimate of drug-likeness (QED) is 0.721. The SMILES string of the molecule is CC(C)CN1CCC(C(C)c2ccn3ncc(-n4ccc(=O)[nH]c4=O)c3c2)CC1. The number of aromatic amines is 1. The first-order chi connectivity index (χ1) is 13.9. The Morgan fingerprint density at radius 1 is 1.14 bits per heavy atom. The molecule has 0 saturated carbocycles. The van der Waals surface area contributed by atoms with Crippen molar-refractivity contribution in [3.63, 3.8) is 0 Å². The Hall–Kier alpha value is -2.67. The minimum atomic E-state index is -0.455. The molecule has 4 rings (SSSR count). The number of nitrogens with one attached hydrogen (secondary N) is 1. The van der Waals surface area contributed by atoms with Crippen molar-refractivity contribution >= 4 is 5.52 Å². The lowest BCUT2D eigenvalue weighted by atomic mass is 9.81. The summed E-state index contributed by atoms with van der Waals surface area (Å²) in [4.78, 5) is 28.5. The predicted octanol–water partition coefficient (Wildman–Crippen LogP) is 2.65. The van der Waals surface area contributed by atoms with Crippen LogP contribution in [0.4, 0.5) is 0 Å². The van der Waals surface area contributed by atoms with E-state index < -0.39 is 11.2 Å². The standard InChI is InChI=1S/C22H29N5O2/c1-15(2)14-25-8-4-17(5-9-25)16(3)18-6-11-27-19(12-18)20(13-23-27)26-10-7-21(28)24-22(26)29/h6-7,10-13,15-17H,4-5,8-9,14H2,1-3H3,(H,24,28,29). The van der Waals surface area contributed by atoms with Crippen LogP contribution in [0.3, 0.4) is 0 Å². The van der Waals surface area contributed by atoms with Gasteiger partial charge in [-0.3, -0.25) is 14.3 Å². The molecule has 0 bridgehead atoms. The Kier molecular flexibility index (Phi) is 5.41. The largest absolute Gasteiger partial charge is 0.333 e. The molecule has 1 N–H and O–H groups in total. The smallest absolute Gasteiger partial charge is 0.303 e. The van der Waals surface area contributed by atoms with Crippen molar-refractivity contribution in [2.75, 3.05) is 19.6 Å². The number of hydrogen-bond acceptors (Lipinski definition) is 4. The van der Waals surface area contributed by atoms with Gasteiger partial charge in [0.05, 0.1) is 17.4 Å². The molecule has 29 heavy (non-hydrogen) atoms. The number of fused-ring (bicyclic) bond motifs is 1. The van der Waals surface area contributed by atoms with Crippen LogP contribution in [0, 0.1) is 11.8 Å². The third-order valence-corrected chi connectivity index (χ3v) is 6.10. The Morgan fingerprint density at radius 3 is 2.59 bits per heavy atom. The summed E-state index contributed by atoms with van der Waals surface area (Å²) in [6.45, 7) is 10.4. The third-order valence-electron chi connectivity index (χ3n) is 6.10. The Labute approximate surface area is 170 Å². The lowest BCUT2D eigenvalue weighted by Crippen LogP contribution is -2.37. The molecule has 1 fully saturated rings. The minimum Gasteiger partial charge on any atom is -0.303 e. The third kappa shape index (κ3) is 4.05. The maximum atomic E-state index is 12.2. The Bertz CT molecular complexity index is 1100. The fraction of sp³-hybridized carbons (Fsp3) is 0.500. The van der Waals surface area contributed by atoms with Crippen molar-refractivity contribution in [2.24, 2.45) is 11.8 Å². The molecule has 7 nitrogen and oxygen atoms in total. The molecule has 1 unspecified atom stereocenters. The van der Waals surface area contributed by atoms with Crippen LogP contribution < -0.4 is 11.2 Å². The van der Waals surface area contributed by atoms with Gasteiger partial charge in [-0.1, -0.05) is 20.8 Å². The van der Waals surface area contributed by atoms with Crippen molar-refractivity contribution in [3.8, 4) is 5.69 Å². The number of pyridine rings is 1. The maximum Gasteiger partial charge on any atom is 0.333 e. The van der Waals surface area contributed by atoms with E-state index in [1.807, 2.05) is 6.20 Å². The van der Waals surface area contributed by atoms with Crippen LogP contribution in [0.15, 0.2) is 46.4 Å². The molecule has 1 saturated heterocycles. The van der Waals surface area contributed by atoms with Gasteiger partial charge in [0.2, 0.25) is 0 Å². The second kappa shape index (κ2) is 7.99. The van der Waals surface area contributed by atoms with Gasteiger partial charge in [-0.15, -0.1) is 0 Å². The molecule has 0 amide bonds. The van der Waals surface area contributed by atoms with Gasteiger partial charge in [0.15, 0.2) is 0 Å². The maximum absolute atomic E-state index is 12.2. The van der Waals surface area contributed by atoms with Crippen LogP contribution in [0.25, 0.3) is 11.2 Å². The minimum absolute atomic E-state index is 0.402. The van der Waals surface area contributed by atoms with Gasteiger partial charge in [0, 0.05) is 25.0 Å². The van der Waals surface area contributed by atoms with Gasteiger partial charge < -0.3 is 4.90 Å². The Morgan fingerprint density at radius 2 is 1.90 bits per heavy atom. The van der Waals surface area contributed by atoms with Crippen LogP contribution in [-0.4, -0.2) is 43.7 Å². The summed E-state index contributed by atoms with van der Waals surface area (Å²) in [6, 6.07) is 5.61. The number of H-pyrrole nitrogens is 1. The zero-order valence-electron chi connectivity index (χ0n) is 17.3. The van der Waals surface area contributed by atoms with Crippen molar-refractivity contribution in [1.29, 1.82) is 0 Å². The lowest BCUT2D eigenvalue weighted by molar-refractivity contribution is 0.157. The van der Waals surface area contributed by atoms with Gasteiger partial charge in [0.1, 0.15) is 0 Å². The molecule has 154 valence electrons. The van der Waals surface area contributed by atoms with E-state index in [1.165, 1.54) is 54.9 Å². The fourth-order valence-corrected chi connectivity index (χ4v) is 4.48. The van der Waals surface area contributed by atoms with E-state index in [-0.39, 0.29) is 0 Å². The van der Waals surface area contributed by atoms with E-state index in [1.54, 1.807) is 10.7 Å². The first kappa shape index (κ1) is 19.6. The van der Waals surface area contributed by atoms with Crippen molar-refractivity contribution in [2.45, 2.75) is 39.5 Å². The van der Waals surface area contributed by atoms with Crippen molar-refractivity contribution in [3.05, 3.63) is 63.2 Å². The molecule has 0 spiro atoms. The van der Waals surface area contributed by atoms with E-state index in [9.17, 15) is 9.59 Å². The van der Waals surface area contributed by atoms with Gasteiger partial charge in [-0.2, -0.15) is 5.10 Å². The highest BCUT2D eigenvalue weighted by Crippen LogP contribution is 2.33. The first-order valence-electron chi connectivity index (χ1n) is 10.4. The summed E-state index contributed by atoms with van der Waals surface area (Å²) in [5, 5.41) is 4.37. The zero-order chi connectivity index (χ0) is 20.5. The molecule has 4 heterocycles. The highest BCUT2D eigenvalue weighted by Gasteiger charge is 2.25. The van der Waals surface area contributed by atoms with Crippen molar-refractivity contribution < 1.29 is 0 Å². The second-order valence-corrected chi connectivity index (χ2v) is 8.62. The summed E-state index contributed by atoms with van der Waals surface area (Å²) in [7, 11) is 0. The summed E-state index contributed by atoms with van der Waals surface area (Å²) in [5.41, 5.74) is 1.94. The van der Waals surface area contributed by atoms with Crippen LogP contribution in [0.5, 0.6) is 0 Å². The van der Waals surface area contributed by atoms with Crippen LogP contribution in [-0.2, 0) is 0 Å². The van der Waals surface area contributed by atoms with Crippen LogP contribution in [0.1, 0.15) is 45.1 Å². The number of aromatic nitrogens is 4. The molecule has 3 aromatic heterocycles. The average Bonchev–Trinajstić information content (AvgIpc) is 3.10. The highest BCUT2D eigenvalue weighted by molar-refractivity contribution is 5.64. The summed E-state index contributed by atoms with van der Waals surface area (Å²) >= 11 is 0. The summed E-state index contributed by atoms with van der Waals surface area (Å²) in [5.74, 6) is 1.81. The molecule has 1 aliphatic heterocycles. The molecule has 3 aromatic rings. The topological polar surface area (TPSA) is 75.4 Å². The highest BCUT2D eigenvalue weighted by atomic mass is 16.2. The molecule has 0 aromatic carbocycles. The molecule has 0 radical (unpaired) electrons. The van der Waals surface area contributed by atoms with Gasteiger partial charge in [-0.05, 0) is 61.4 Å². The van der Waals surface area contributed by atoms with Gasteiger partial charge >= 0.3 is 5.69 Å². The Balaban J connectivity index is 1.59. The van der Waals surface area contributed by atoms with E-state index >= 15 is 0 Å². The molecular formula is C22H29N5O2. The zero-order valence-corrected chi connectivity index (χ0v) is 17.3. The summed E-state index contributed by atoms with van der Waals surface area (Å²) < 4.78 is 3.21. The lowest BCUT2D eigenvalue weighted by Gasteiger charge is -2.35. The summed E-state index contributed by atoms with van der Waals surface area (Å²) in [6.07, 6.45) is 7.54. The van der Waals surface area contributed by atoms with E-state index in [0.717, 1.165) is 5.52 Å². The van der Waals surface area contributed by atoms with Gasteiger partial charge in [-0.25, -0.2) is 9.31 Å². The first-order valence-corrected chi connectivity index (χ1v) is 10.4. The van der Waals surface area contributed by atoms with E-state index in [0.29, 0.717) is 23.4 Å².